The maximum absolute atomic E-state index is 12.3. The molecule has 4 heteroatoms. The first-order valence-electron chi connectivity index (χ1n) is 4.01. The van der Waals surface area contributed by atoms with E-state index in [1.54, 1.807) is 18.2 Å². The molecule has 2 rings (SSSR count). The van der Waals surface area contributed by atoms with Crippen LogP contribution in [-0.4, -0.2) is 4.98 Å². The summed E-state index contributed by atoms with van der Waals surface area (Å²) in [4.78, 5) is 2.59. The Labute approximate surface area is 78.8 Å². The maximum Gasteiger partial charge on any atom is 0.278 e. The number of fused-ring (bicyclic) bond motifs is 1. The number of aromatic amines is 1. The van der Waals surface area contributed by atoms with Gasteiger partial charge in [-0.25, -0.2) is 8.78 Å². The van der Waals surface area contributed by atoms with Crippen LogP contribution < -0.4 is 0 Å². The zero-order valence-electron chi connectivity index (χ0n) is 7.09. The number of rotatable bonds is 1. The van der Waals surface area contributed by atoms with Gasteiger partial charge in [0.05, 0.1) is 17.3 Å². The quantitative estimate of drug-likeness (QED) is 0.741. The standard InChI is InChI=1S/C10H6F2N2/c11-10(12)9-4-7-3-6(5-13)1-2-8(7)14-9/h1-4,10,14H. The number of halogens is 2. The Kier molecular flexibility index (Phi) is 1.93. The normalized spacial score (nSPS) is 10.7. The molecule has 70 valence electrons. The molecule has 0 saturated carbocycles. The van der Waals surface area contributed by atoms with Gasteiger partial charge in [0.25, 0.3) is 6.43 Å². The van der Waals surface area contributed by atoms with Crippen LogP contribution in [0.5, 0.6) is 0 Å². The second-order valence-corrected chi connectivity index (χ2v) is 2.94. The lowest BCUT2D eigenvalue weighted by molar-refractivity contribution is 0.147. The van der Waals surface area contributed by atoms with Crippen LogP contribution >= 0.6 is 0 Å². The number of hydrogen-bond acceptors (Lipinski definition) is 1. The van der Waals surface area contributed by atoms with Crippen LogP contribution in [0.15, 0.2) is 24.3 Å². The van der Waals surface area contributed by atoms with Crippen LogP contribution in [0.1, 0.15) is 17.7 Å². The Bertz CT molecular complexity index is 508. The Hall–Kier alpha value is -1.89. The van der Waals surface area contributed by atoms with Gasteiger partial charge in [0.15, 0.2) is 0 Å². The summed E-state index contributed by atoms with van der Waals surface area (Å²) in [6.07, 6.45) is -2.51. The highest BCUT2D eigenvalue weighted by molar-refractivity contribution is 5.81. The van der Waals surface area contributed by atoms with Crippen molar-refractivity contribution >= 4 is 10.9 Å². The minimum Gasteiger partial charge on any atom is -0.354 e. The Balaban J connectivity index is 2.61. The van der Waals surface area contributed by atoms with E-state index in [0.29, 0.717) is 16.5 Å². The van der Waals surface area contributed by atoms with Gasteiger partial charge < -0.3 is 4.98 Å². The van der Waals surface area contributed by atoms with Gasteiger partial charge in [-0.2, -0.15) is 5.26 Å². The average molecular weight is 192 g/mol. The van der Waals surface area contributed by atoms with Gasteiger partial charge in [-0.3, -0.25) is 0 Å². The van der Waals surface area contributed by atoms with Crippen molar-refractivity contribution in [3.05, 3.63) is 35.5 Å². The van der Waals surface area contributed by atoms with Gasteiger partial charge in [-0.1, -0.05) is 0 Å². The molecule has 0 radical (unpaired) electrons. The summed E-state index contributed by atoms with van der Waals surface area (Å²) in [5, 5.41) is 9.24. The zero-order valence-corrected chi connectivity index (χ0v) is 7.09. The van der Waals surface area contributed by atoms with E-state index >= 15 is 0 Å². The van der Waals surface area contributed by atoms with E-state index in [9.17, 15) is 8.78 Å². The second kappa shape index (κ2) is 3.11. The van der Waals surface area contributed by atoms with Crippen molar-refractivity contribution in [1.82, 2.24) is 4.98 Å². The smallest absolute Gasteiger partial charge is 0.278 e. The van der Waals surface area contributed by atoms with Crippen molar-refractivity contribution in [1.29, 1.82) is 5.26 Å². The predicted octanol–water partition coefficient (Wildman–Crippen LogP) is 2.98. The van der Waals surface area contributed by atoms with Crippen molar-refractivity contribution in [2.45, 2.75) is 6.43 Å². The highest BCUT2D eigenvalue weighted by atomic mass is 19.3. The molecule has 0 saturated heterocycles. The number of nitrogens with one attached hydrogen (secondary N) is 1. The van der Waals surface area contributed by atoms with Crippen molar-refractivity contribution in [3.8, 4) is 6.07 Å². The monoisotopic (exact) mass is 192 g/mol. The minimum atomic E-state index is -2.51. The molecule has 1 N–H and O–H groups in total. The van der Waals surface area contributed by atoms with Crippen LogP contribution in [0.2, 0.25) is 0 Å². The number of aromatic nitrogens is 1. The lowest BCUT2D eigenvalue weighted by atomic mass is 10.2. The molecule has 0 fully saturated rings. The number of H-pyrrole nitrogens is 1. The summed E-state index contributed by atoms with van der Waals surface area (Å²) < 4.78 is 24.6. The molecule has 0 spiro atoms. The third kappa shape index (κ3) is 1.33. The summed E-state index contributed by atoms with van der Waals surface area (Å²) >= 11 is 0. The summed E-state index contributed by atoms with van der Waals surface area (Å²) in [5.41, 5.74) is 0.978. The van der Waals surface area contributed by atoms with E-state index in [4.69, 9.17) is 5.26 Å². The Morgan fingerprint density at radius 2 is 2.07 bits per heavy atom. The lowest BCUT2D eigenvalue weighted by Gasteiger charge is -1.90. The topological polar surface area (TPSA) is 39.6 Å². The first-order valence-corrected chi connectivity index (χ1v) is 4.01. The Morgan fingerprint density at radius 1 is 1.29 bits per heavy atom. The van der Waals surface area contributed by atoms with Crippen LogP contribution in [-0.2, 0) is 0 Å². The average Bonchev–Trinajstić information content (AvgIpc) is 2.59. The van der Waals surface area contributed by atoms with Crippen molar-refractivity contribution in [2.75, 3.05) is 0 Å². The van der Waals surface area contributed by atoms with Gasteiger partial charge in [-0.05, 0) is 24.3 Å². The molecule has 1 aromatic carbocycles. The van der Waals surface area contributed by atoms with Crippen LogP contribution in [0, 0.1) is 11.3 Å². The van der Waals surface area contributed by atoms with E-state index in [1.807, 2.05) is 6.07 Å². The molecule has 0 aliphatic rings. The molecule has 2 nitrogen and oxygen atoms in total. The van der Waals surface area contributed by atoms with Crippen LogP contribution in [0.4, 0.5) is 8.78 Å². The van der Waals surface area contributed by atoms with Gasteiger partial charge in [0.2, 0.25) is 0 Å². The van der Waals surface area contributed by atoms with E-state index < -0.39 is 6.43 Å². The molecule has 1 aromatic heterocycles. The molecule has 0 aliphatic carbocycles. The molecular formula is C10H6F2N2. The highest BCUT2D eigenvalue weighted by Crippen LogP contribution is 2.23. The fourth-order valence-corrected chi connectivity index (χ4v) is 1.34. The maximum atomic E-state index is 12.3. The molecule has 0 aliphatic heterocycles. The zero-order chi connectivity index (χ0) is 10.1. The lowest BCUT2D eigenvalue weighted by Crippen LogP contribution is -1.80. The molecule has 0 unspecified atom stereocenters. The van der Waals surface area contributed by atoms with Crippen molar-refractivity contribution < 1.29 is 8.78 Å². The molecule has 2 aromatic rings. The molecule has 1 heterocycles. The number of alkyl halides is 2. The van der Waals surface area contributed by atoms with Gasteiger partial charge in [0, 0.05) is 10.9 Å². The number of nitriles is 1. The van der Waals surface area contributed by atoms with E-state index in [2.05, 4.69) is 4.98 Å². The number of nitrogens with zero attached hydrogens (tertiary/aromatic N) is 1. The van der Waals surface area contributed by atoms with Gasteiger partial charge in [0.1, 0.15) is 0 Å². The molecule has 14 heavy (non-hydrogen) atoms. The minimum absolute atomic E-state index is 0.116. The third-order valence-electron chi connectivity index (χ3n) is 2.01. The summed E-state index contributed by atoms with van der Waals surface area (Å²) in [6.45, 7) is 0. The van der Waals surface area contributed by atoms with Gasteiger partial charge in [-0.15, -0.1) is 0 Å². The summed E-state index contributed by atoms with van der Waals surface area (Å²) in [7, 11) is 0. The van der Waals surface area contributed by atoms with Crippen LogP contribution in [0.25, 0.3) is 10.9 Å². The SMILES string of the molecule is N#Cc1ccc2[nH]c(C(F)F)cc2c1. The molecular weight excluding hydrogens is 186 g/mol. The first-order chi connectivity index (χ1) is 6.70. The van der Waals surface area contributed by atoms with Crippen molar-refractivity contribution in [3.63, 3.8) is 0 Å². The number of benzene rings is 1. The third-order valence-corrected chi connectivity index (χ3v) is 2.01. The first kappa shape index (κ1) is 8.70. The van der Waals surface area contributed by atoms with Gasteiger partial charge >= 0.3 is 0 Å². The number of hydrogen-bond donors (Lipinski definition) is 1. The van der Waals surface area contributed by atoms with Crippen LogP contribution in [0.3, 0.4) is 0 Å². The second-order valence-electron chi connectivity index (χ2n) is 2.94. The molecule has 0 bridgehead atoms. The predicted molar refractivity (Wildman–Crippen MR) is 48.0 cm³/mol. The highest BCUT2D eigenvalue weighted by Gasteiger charge is 2.10. The summed E-state index contributed by atoms with van der Waals surface area (Å²) in [6, 6.07) is 8.12. The fourth-order valence-electron chi connectivity index (χ4n) is 1.34. The van der Waals surface area contributed by atoms with E-state index in [-0.39, 0.29) is 5.69 Å². The largest absolute Gasteiger partial charge is 0.354 e. The Morgan fingerprint density at radius 3 is 2.71 bits per heavy atom. The fraction of sp³-hybridized carbons (Fsp3) is 0.100. The van der Waals surface area contributed by atoms with Crippen molar-refractivity contribution in [2.24, 2.45) is 0 Å². The van der Waals surface area contributed by atoms with E-state index in [1.165, 1.54) is 6.07 Å². The molecule has 0 atom stereocenters. The summed E-state index contributed by atoms with van der Waals surface area (Å²) in [5.74, 6) is 0. The van der Waals surface area contributed by atoms with E-state index in [0.717, 1.165) is 0 Å². The molecule has 0 amide bonds.